The van der Waals surface area contributed by atoms with Crippen molar-refractivity contribution in [1.82, 2.24) is 4.57 Å². The third-order valence-corrected chi connectivity index (χ3v) is 6.03. The number of hydrogen-bond donors (Lipinski definition) is 1. The highest BCUT2D eigenvalue weighted by atomic mass is 16.2. The maximum atomic E-state index is 12.6. The van der Waals surface area contributed by atoms with Gasteiger partial charge in [-0.25, -0.2) is 0 Å². The van der Waals surface area contributed by atoms with Gasteiger partial charge in [0.1, 0.15) is 6.54 Å². The van der Waals surface area contributed by atoms with E-state index < -0.39 is 0 Å². The van der Waals surface area contributed by atoms with E-state index in [1.54, 1.807) is 0 Å². The van der Waals surface area contributed by atoms with Gasteiger partial charge in [-0.15, -0.1) is 0 Å². The van der Waals surface area contributed by atoms with Crippen LogP contribution in [-0.2, 0) is 11.3 Å². The number of nitrogens with one attached hydrogen (secondary N) is 1. The summed E-state index contributed by atoms with van der Waals surface area (Å²) in [5.41, 5.74) is 7.26. The zero-order chi connectivity index (χ0) is 17.7. The molecule has 1 aromatic heterocycles. The summed E-state index contributed by atoms with van der Waals surface area (Å²) in [5, 5.41) is 4.44. The first-order chi connectivity index (χ1) is 12.7. The molecule has 1 N–H and O–H groups in total. The molecule has 3 heteroatoms. The summed E-state index contributed by atoms with van der Waals surface area (Å²) >= 11 is 0. The van der Waals surface area contributed by atoms with Gasteiger partial charge in [0, 0.05) is 16.5 Å². The third-order valence-electron chi connectivity index (χ3n) is 6.03. The number of nitrogens with zero attached hydrogens (tertiary/aromatic N) is 1. The summed E-state index contributed by atoms with van der Waals surface area (Å²) in [4.78, 5) is 12.6. The Hall–Kier alpha value is -2.55. The molecule has 0 bridgehead atoms. The molecule has 5 rings (SSSR count). The molecule has 26 heavy (non-hydrogen) atoms. The number of fused-ring (bicyclic) bond motifs is 5. The van der Waals surface area contributed by atoms with E-state index in [4.69, 9.17) is 0 Å². The van der Waals surface area contributed by atoms with Crippen LogP contribution in [0, 0.1) is 6.92 Å². The number of rotatable bonds is 1. The number of amides is 1. The van der Waals surface area contributed by atoms with Gasteiger partial charge in [0.25, 0.3) is 0 Å². The summed E-state index contributed by atoms with van der Waals surface area (Å²) < 4.78 is 2.26. The van der Waals surface area contributed by atoms with Crippen molar-refractivity contribution in [3.63, 3.8) is 0 Å². The fourth-order valence-electron chi connectivity index (χ4n) is 4.88. The highest BCUT2D eigenvalue weighted by Gasteiger charge is 2.29. The highest BCUT2D eigenvalue weighted by Crippen LogP contribution is 2.46. The molecule has 132 valence electrons. The molecule has 0 saturated heterocycles. The molecule has 3 aromatic rings. The number of anilines is 1. The first kappa shape index (κ1) is 15.7. The Bertz CT molecular complexity index is 1010. The lowest BCUT2D eigenvalue weighted by atomic mass is 9.81. The molecule has 1 aliphatic carbocycles. The van der Waals surface area contributed by atoms with E-state index in [1.807, 2.05) is 12.1 Å². The summed E-state index contributed by atoms with van der Waals surface area (Å²) in [5.74, 6) is 0.649. The standard InChI is InChI=1S/C23H24N2O/c1-15-11-12-18-20(13-15)25-14-21(26)24-19-10-6-5-9-17(19)23(25)22(18)16-7-3-2-4-8-16/h5-6,9-13,16H,2-4,7-8,14H2,1H3,(H,24,26). The second kappa shape index (κ2) is 6.01. The average molecular weight is 344 g/mol. The van der Waals surface area contributed by atoms with Crippen LogP contribution in [0.4, 0.5) is 5.69 Å². The Morgan fingerprint density at radius 3 is 2.69 bits per heavy atom. The van der Waals surface area contributed by atoms with E-state index in [1.165, 1.54) is 59.8 Å². The average Bonchev–Trinajstić information content (AvgIpc) is 2.87. The molecule has 0 atom stereocenters. The van der Waals surface area contributed by atoms with Crippen molar-refractivity contribution in [2.24, 2.45) is 0 Å². The molecule has 0 unspecified atom stereocenters. The SMILES string of the molecule is Cc1ccc2c(C3CCCCC3)c3n(c2c1)CC(=O)Nc1ccccc1-3. The van der Waals surface area contributed by atoms with E-state index in [0.29, 0.717) is 12.5 Å². The van der Waals surface area contributed by atoms with Gasteiger partial charge in [-0.1, -0.05) is 49.6 Å². The summed E-state index contributed by atoms with van der Waals surface area (Å²) in [6, 6.07) is 15.0. The largest absolute Gasteiger partial charge is 0.331 e. The number of carbonyl (C=O) groups is 1. The Morgan fingerprint density at radius 1 is 1.04 bits per heavy atom. The monoisotopic (exact) mass is 344 g/mol. The first-order valence-electron chi connectivity index (χ1n) is 9.74. The van der Waals surface area contributed by atoms with Crippen LogP contribution in [0.15, 0.2) is 42.5 Å². The second-order valence-corrected chi connectivity index (χ2v) is 7.80. The van der Waals surface area contributed by atoms with Gasteiger partial charge in [-0.05, 0) is 48.9 Å². The number of aryl methyl sites for hydroxylation is 1. The van der Waals surface area contributed by atoms with Crippen molar-refractivity contribution in [3.05, 3.63) is 53.6 Å². The third kappa shape index (κ3) is 2.38. The molecule has 1 saturated carbocycles. The number of benzene rings is 2. The maximum absolute atomic E-state index is 12.6. The van der Waals surface area contributed by atoms with Crippen LogP contribution < -0.4 is 5.32 Å². The molecule has 2 aliphatic rings. The van der Waals surface area contributed by atoms with Crippen LogP contribution in [0.1, 0.15) is 49.1 Å². The maximum Gasteiger partial charge on any atom is 0.244 e. The van der Waals surface area contributed by atoms with Crippen molar-refractivity contribution < 1.29 is 4.79 Å². The molecule has 2 heterocycles. The molecular weight excluding hydrogens is 320 g/mol. The minimum absolute atomic E-state index is 0.0600. The van der Waals surface area contributed by atoms with Crippen molar-refractivity contribution in [1.29, 1.82) is 0 Å². The topological polar surface area (TPSA) is 34.0 Å². The van der Waals surface area contributed by atoms with Crippen LogP contribution in [0.5, 0.6) is 0 Å². The quantitative estimate of drug-likeness (QED) is 0.611. The van der Waals surface area contributed by atoms with Gasteiger partial charge in [0.15, 0.2) is 0 Å². The minimum atomic E-state index is 0.0600. The molecule has 1 fully saturated rings. The Balaban J connectivity index is 1.87. The van der Waals surface area contributed by atoms with Crippen LogP contribution in [0.3, 0.4) is 0 Å². The lowest BCUT2D eigenvalue weighted by Gasteiger charge is -2.23. The molecule has 1 aliphatic heterocycles. The normalized spacial score (nSPS) is 17.5. The second-order valence-electron chi connectivity index (χ2n) is 7.80. The number of carbonyl (C=O) groups excluding carboxylic acids is 1. The van der Waals surface area contributed by atoms with Gasteiger partial charge in [0.2, 0.25) is 5.91 Å². The van der Waals surface area contributed by atoms with Gasteiger partial charge in [-0.2, -0.15) is 0 Å². The van der Waals surface area contributed by atoms with E-state index in [9.17, 15) is 4.79 Å². The van der Waals surface area contributed by atoms with Crippen LogP contribution in [0.25, 0.3) is 22.2 Å². The van der Waals surface area contributed by atoms with Crippen molar-refractivity contribution >= 4 is 22.5 Å². The van der Waals surface area contributed by atoms with Crippen molar-refractivity contribution in [2.75, 3.05) is 5.32 Å². The first-order valence-corrected chi connectivity index (χ1v) is 9.74. The zero-order valence-corrected chi connectivity index (χ0v) is 15.2. The molecule has 0 spiro atoms. The fourth-order valence-corrected chi connectivity index (χ4v) is 4.88. The summed E-state index contributed by atoms with van der Waals surface area (Å²) in [6.07, 6.45) is 6.47. The molecule has 2 aromatic carbocycles. The van der Waals surface area contributed by atoms with E-state index >= 15 is 0 Å². The Kier molecular flexibility index (Phi) is 3.63. The van der Waals surface area contributed by atoms with Gasteiger partial charge in [0.05, 0.1) is 11.4 Å². The van der Waals surface area contributed by atoms with Crippen molar-refractivity contribution in [2.45, 2.75) is 51.5 Å². The van der Waals surface area contributed by atoms with E-state index in [-0.39, 0.29) is 5.91 Å². The zero-order valence-electron chi connectivity index (χ0n) is 15.2. The van der Waals surface area contributed by atoms with Crippen LogP contribution in [-0.4, -0.2) is 10.5 Å². The van der Waals surface area contributed by atoms with Crippen molar-refractivity contribution in [3.8, 4) is 11.3 Å². The van der Waals surface area contributed by atoms with Gasteiger partial charge in [-0.3, -0.25) is 4.79 Å². The molecule has 1 amide bonds. The fraction of sp³-hybridized carbons (Fsp3) is 0.348. The number of aromatic nitrogens is 1. The predicted octanol–water partition coefficient (Wildman–Crippen LogP) is 5.62. The predicted molar refractivity (Wildman–Crippen MR) is 107 cm³/mol. The lowest BCUT2D eigenvalue weighted by molar-refractivity contribution is -0.116. The Morgan fingerprint density at radius 2 is 1.85 bits per heavy atom. The summed E-state index contributed by atoms with van der Waals surface area (Å²) in [7, 11) is 0. The molecule has 0 radical (unpaired) electrons. The van der Waals surface area contributed by atoms with Crippen LogP contribution in [0.2, 0.25) is 0 Å². The smallest absolute Gasteiger partial charge is 0.244 e. The van der Waals surface area contributed by atoms with Crippen LogP contribution >= 0.6 is 0 Å². The van der Waals surface area contributed by atoms with Gasteiger partial charge >= 0.3 is 0 Å². The molecule has 3 nitrogen and oxygen atoms in total. The highest BCUT2D eigenvalue weighted by molar-refractivity contribution is 6.03. The summed E-state index contributed by atoms with van der Waals surface area (Å²) in [6.45, 7) is 2.51. The van der Waals surface area contributed by atoms with E-state index in [2.05, 4.69) is 47.1 Å². The van der Waals surface area contributed by atoms with E-state index in [0.717, 1.165) is 11.3 Å². The lowest BCUT2D eigenvalue weighted by Crippen LogP contribution is -2.16. The van der Waals surface area contributed by atoms with Gasteiger partial charge < -0.3 is 9.88 Å². The Labute approximate surface area is 154 Å². The number of hydrogen-bond acceptors (Lipinski definition) is 1. The minimum Gasteiger partial charge on any atom is -0.331 e. The number of para-hydroxylation sites is 1. The molecular formula is C23H24N2O.